The molecule has 1 aromatic rings. The predicted molar refractivity (Wildman–Crippen MR) is 112 cm³/mol. The lowest BCUT2D eigenvalue weighted by Gasteiger charge is -2.44. The minimum Gasteiger partial charge on any atom is -0.450 e. The molecule has 156 valence electrons. The lowest BCUT2D eigenvalue weighted by atomic mass is 9.63. The van der Waals surface area contributed by atoms with Crippen molar-refractivity contribution in [2.45, 2.75) is 75.8 Å². The average Bonchev–Trinajstić information content (AvgIpc) is 3.12. The molecule has 0 aromatic heterocycles. The van der Waals surface area contributed by atoms with E-state index in [4.69, 9.17) is 4.74 Å². The van der Waals surface area contributed by atoms with Crippen LogP contribution in [0.1, 0.15) is 63.9 Å². The van der Waals surface area contributed by atoms with Crippen molar-refractivity contribution in [2.75, 3.05) is 18.6 Å². The molecule has 2 amide bonds. The van der Waals surface area contributed by atoms with Crippen LogP contribution in [0.25, 0.3) is 0 Å². The Labute approximate surface area is 173 Å². The number of hydrogen-bond donors (Lipinski definition) is 0. The van der Waals surface area contributed by atoms with Gasteiger partial charge in [0.15, 0.2) is 0 Å². The number of carbonyl (C=O) groups is 2. The highest BCUT2D eigenvalue weighted by molar-refractivity contribution is 6.07. The molecule has 4 aliphatic rings. The van der Waals surface area contributed by atoms with Gasteiger partial charge < -0.3 is 14.5 Å². The van der Waals surface area contributed by atoms with Crippen molar-refractivity contribution >= 4 is 17.7 Å². The van der Waals surface area contributed by atoms with Crippen LogP contribution in [0, 0.1) is 11.8 Å². The van der Waals surface area contributed by atoms with Crippen molar-refractivity contribution in [1.82, 2.24) is 4.90 Å². The maximum absolute atomic E-state index is 13.2. The highest BCUT2D eigenvalue weighted by atomic mass is 16.6. The van der Waals surface area contributed by atoms with E-state index in [0.717, 1.165) is 57.1 Å². The summed E-state index contributed by atoms with van der Waals surface area (Å²) in [5.74, 6) is 1.65. The first-order chi connectivity index (χ1) is 14.0. The summed E-state index contributed by atoms with van der Waals surface area (Å²) in [6.45, 7) is 2.33. The maximum Gasteiger partial charge on any atom is 0.410 e. The van der Waals surface area contributed by atoms with Gasteiger partial charge >= 0.3 is 6.09 Å². The fourth-order valence-electron chi connectivity index (χ4n) is 6.90. The van der Waals surface area contributed by atoms with E-state index in [1.54, 1.807) is 0 Å². The fraction of sp³-hybridized carbons (Fsp3) is 0.667. The summed E-state index contributed by atoms with van der Waals surface area (Å²) >= 11 is 0. The molecule has 2 bridgehead atoms. The van der Waals surface area contributed by atoms with Crippen molar-refractivity contribution in [3.05, 3.63) is 29.8 Å². The molecule has 5 nitrogen and oxygen atoms in total. The van der Waals surface area contributed by atoms with Crippen molar-refractivity contribution in [1.29, 1.82) is 0 Å². The first kappa shape index (κ1) is 19.0. The molecule has 3 aliphatic heterocycles. The molecule has 0 radical (unpaired) electrons. The van der Waals surface area contributed by atoms with E-state index in [0.29, 0.717) is 30.5 Å². The molecule has 29 heavy (non-hydrogen) atoms. The summed E-state index contributed by atoms with van der Waals surface area (Å²) in [7, 11) is 1.92. The highest BCUT2D eigenvalue weighted by Gasteiger charge is 2.53. The largest absolute Gasteiger partial charge is 0.450 e. The molecule has 2 atom stereocenters. The predicted octanol–water partition coefficient (Wildman–Crippen LogP) is 4.49. The van der Waals surface area contributed by atoms with Gasteiger partial charge in [0.2, 0.25) is 5.91 Å². The van der Waals surface area contributed by atoms with Gasteiger partial charge in [-0.2, -0.15) is 0 Å². The first-order valence-corrected chi connectivity index (χ1v) is 11.4. The number of para-hydroxylation sites is 1. The SMILES string of the molecule is CCOC(=O)N1C2CCC1CC(C1CCC3(CC1)C(=O)N(C)c1ccccc13)C2. The lowest BCUT2D eigenvalue weighted by Crippen LogP contribution is -2.49. The summed E-state index contributed by atoms with van der Waals surface area (Å²) in [6, 6.07) is 9.05. The van der Waals surface area contributed by atoms with Gasteiger partial charge in [-0.1, -0.05) is 18.2 Å². The second-order valence-electron chi connectivity index (χ2n) is 9.52. The molecule has 1 saturated carbocycles. The summed E-state index contributed by atoms with van der Waals surface area (Å²) in [5, 5.41) is 0. The van der Waals surface area contributed by atoms with Crippen LogP contribution >= 0.6 is 0 Å². The van der Waals surface area contributed by atoms with Crippen LogP contribution in [0.3, 0.4) is 0 Å². The molecule has 2 saturated heterocycles. The van der Waals surface area contributed by atoms with Gasteiger partial charge in [-0.05, 0) is 81.8 Å². The monoisotopic (exact) mass is 396 g/mol. The summed E-state index contributed by atoms with van der Waals surface area (Å²) < 4.78 is 5.31. The molecule has 5 rings (SSSR count). The number of nitrogens with zero attached hydrogens (tertiary/aromatic N) is 2. The molecule has 2 unspecified atom stereocenters. The quantitative estimate of drug-likeness (QED) is 0.740. The van der Waals surface area contributed by atoms with Gasteiger partial charge in [0.25, 0.3) is 0 Å². The van der Waals surface area contributed by atoms with E-state index < -0.39 is 0 Å². The van der Waals surface area contributed by atoms with E-state index >= 15 is 0 Å². The highest BCUT2D eigenvalue weighted by Crippen LogP contribution is 2.53. The minimum atomic E-state index is -0.299. The van der Waals surface area contributed by atoms with Crippen LogP contribution in [-0.4, -0.2) is 42.6 Å². The third kappa shape index (κ3) is 2.80. The molecule has 1 aliphatic carbocycles. The number of benzene rings is 1. The molecule has 3 heterocycles. The van der Waals surface area contributed by atoms with Crippen molar-refractivity contribution in [3.8, 4) is 0 Å². The fourth-order valence-corrected chi connectivity index (χ4v) is 6.90. The van der Waals surface area contributed by atoms with Crippen LogP contribution < -0.4 is 4.90 Å². The Hall–Kier alpha value is -2.04. The van der Waals surface area contributed by atoms with Crippen LogP contribution in [-0.2, 0) is 14.9 Å². The Morgan fingerprint density at radius 3 is 2.38 bits per heavy atom. The normalized spacial score (nSPS) is 35.9. The average molecular weight is 397 g/mol. The number of fused-ring (bicyclic) bond motifs is 4. The van der Waals surface area contributed by atoms with Gasteiger partial charge in [-0.15, -0.1) is 0 Å². The molecule has 3 fully saturated rings. The van der Waals surface area contributed by atoms with E-state index in [-0.39, 0.29) is 17.4 Å². The number of ether oxygens (including phenoxy) is 1. The molecule has 5 heteroatoms. The standard InChI is InChI=1S/C24H32N2O3/c1-3-29-23(28)26-18-8-9-19(26)15-17(14-18)16-10-12-24(13-11-16)20-6-4-5-7-21(20)25(2)22(24)27/h4-7,16-19H,3,8-15H2,1-2H3. The van der Waals surface area contributed by atoms with Crippen molar-refractivity contribution < 1.29 is 14.3 Å². The number of hydrogen-bond acceptors (Lipinski definition) is 3. The number of amides is 2. The number of carbonyl (C=O) groups excluding carboxylic acids is 2. The summed E-state index contributed by atoms with van der Waals surface area (Å²) in [4.78, 5) is 29.4. The zero-order valence-corrected chi connectivity index (χ0v) is 17.6. The second-order valence-corrected chi connectivity index (χ2v) is 9.52. The van der Waals surface area contributed by atoms with Crippen LogP contribution in [0.4, 0.5) is 10.5 Å². The summed E-state index contributed by atoms with van der Waals surface area (Å²) in [6.07, 6.45) is 8.51. The third-order valence-corrected chi connectivity index (χ3v) is 8.29. The van der Waals surface area contributed by atoms with Crippen LogP contribution in [0.5, 0.6) is 0 Å². The van der Waals surface area contributed by atoms with Gasteiger partial charge in [0, 0.05) is 24.8 Å². The van der Waals surface area contributed by atoms with Gasteiger partial charge in [0.05, 0.1) is 12.0 Å². The molecule has 1 spiro atoms. The number of rotatable bonds is 2. The third-order valence-electron chi connectivity index (χ3n) is 8.29. The Bertz CT molecular complexity index is 800. The Kier molecular flexibility index (Phi) is 4.60. The Balaban J connectivity index is 1.28. The zero-order chi connectivity index (χ0) is 20.2. The van der Waals surface area contributed by atoms with Gasteiger partial charge in [-0.25, -0.2) is 4.79 Å². The van der Waals surface area contributed by atoms with E-state index in [1.165, 1.54) is 5.56 Å². The number of anilines is 1. The topological polar surface area (TPSA) is 49.9 Å². The zero-order valence-electron chi connectivity index (χ0n) is 17.6. The van der Waals surface area contributed by atoms with Crippen molar-refractivity contribution in [3.63, 3.8) is 0 Å². The maximum atomic E-state index is 13.2. The van der Waals surface area contributed by atoms with Crippen molar-refractivity contribution in [2.24, 2.45) is 11.8 Å². The number of piperidine rings is 1. The lowest BCUT2D eigenvalue weighted by molar-refractivity contribution is -0.124. The van der Waals surface area contributed by atoms with E-state index in [1.807, 2.05) is 29.8 Å². The van der Waals surface area contributed by atoms with Crippen LogP contribution in [0.15, 0.2) is 24.3 Å². The van der Waals surface area contributed by atoms with E-state index in [9.17, 15) is 9.59 Å². The minimum absolute atomic E-state index is 0.114. The Morgan fingerprint density at radius 2 is 1.72 bits per heavy atom. The van der Waals surface area contributed by atoms with Crippen LogP contribution in [0.2, 0.25) is 0 Å². The smallest absolute Gasteiger partial charge is 0.410 e. The molecule has 1 aromatic carbocycles. The first-order valence-electron chi connectivity index (χ1n) is 11.4. The van der Waals surface area contributed by atoms with Gasteiger partial charge in [-0.3, -0.25) is 4.79 Å². The summed E-state index contributed by atoms with van der Waals surface area (Å²) in [5.41, 5.74) is 2.03. The molecular formula is C24H32N2O3. The molecule has 0 N–H and O–H groups in total. The van der Waals surface area contributed by atoms with Gasteiger partial charge in [0.1, 0.15) is 0 Å². The number of likely N-dealkylation sites (N-methyl/N-ethyl adjacent to an activating group) is 1. The van der Waals surface area contributed by atoms with E-state index in [2.05, 4.69) is 18.2 Å². The molecular weight excluding hydrogens is 364 g/mol. The second kappa shape index (κ2) is 7.03. The Morgan fingerprint density at radius 1 is 1.07 bits per heavy atom.